The molecule has 0 saturated carbocycles. The van der Waals surface area contributed by atoms with Crippen LogP contribution in [0.25, 0.3) is 0 Å². The molecular weight excluding hydrogens is 409 g/mol. The molecule has 1 aliphatic heterocycles. The van der Waals surface area contributed by atoms with Crippen molar-refractivity contribution in [3.8, 4) is 0 Å². The number of aryl methyl sites for hydroxylation is 2. The number of aliphatic carboxylic acids is 1. The largest absolute Gasteiger partial charge is 0.481 e. The van der Waals surface area contributed by atoms with Crippen LogP contribution in [0, 0.1) is 12.7 Å². The summed E-state index contributed by atoms with van der Waals surface area (Å²) in [6, 6.07) is 13.5. The highest BCUT2D eigenvalue weighted by Crippen LogP contribution is 2.23. The Morgan fingerprint density at radius 2 is 1.94 bits per heavy atom. The maximum Gasteiger partial charge on any atom is 0.303 e. The van der Waals surface area contributed by atoms with E-state index in [-0.39, 0.29) is 24.9 Å². The lowest BCUT2D eigenvalue weighted by atomic mass is 10.0. The Labute approximate surface area is 189 Å². The van der Waals surface area contributed by atoms with Crippen LogP contribution in [-0.2, 0) is 22.4 Å². The van der Waals surface area contributed by atoms with Crippen molar-refractivity contribution in [3.05, 3.63) is 70.5 Å². The van der Waals surface area contributed by atoms with Crippen LogP contribution in [0.5, 0.6) is 0 Å². The number of carboxylic acid groups (broad SMARTS) is 1. The Bertz CT molecular complexity index is 886. The Kier molecular flexibility index (Phi) is 8.79. The van der Waals surface area contributed by atoms with Crippen LogP contribution in [0.3, 0.4) is 0 Å². The normalized spacial score (nSPS) is 18.6. The van der Waals surface area contributed by atoms with E-state index in [2.05, 4.69) is 4.90 Å². The molecule has 0 aromatic heterocycles. The maximum atomic E-state index is 13.9. The lowest BCUT2D eigenvalue weighted by molar-refractivity contribution is -0.136. The van der Waals surface area contributed by atoms with Gasteiger partial charge in [0.1, 0.15) is 5.82 Å². The number of nitrogens with zero attached hydrogens (tertiary/aromatic N) is 1. The van der Waals surface area contributed by atoms with Crippen molar-refractivity contribution in [2.75, 3.05) is 19.7 Å². The molecule has 2 aromatic carbocycles. The quantitative estimate of drug-likeness (QED) is 0.542. The van der Waals surface area contributed by atoms with Crippen LogP contribution in [-0.4, -0.2) is 52.9 Å². The molecule has 6 heteroatoms. The summed E-state index contributed by atoms with van der Waals surface area (Å²) in [6.45, 7) is 5.43. The van der Waals surface area contributed by atoms with Crippen LogP contribution in [0.15, 0.2) is 42.5 Å². The zero-order valence-electron chi connectivity index (χ0n) is 19.0. The minimum absolute atomic E-state index is 0.119. The van der Waals surface area contributed by atoms with E-state index in [0.29, 0.717) is 24.6 Å². The number of aliphatic hydroxyl groups is 1. The van der Waals surface area contributed by atoms with Crippen molar-refractivity contribution >= 4 is 5.97 Å². The minimum atomic E-state index is -0.800. The molecule has 0 bridgehead atoms. The number of halogens is 1. The second-order valence-electron chi connectivity index (χ2n) is 8.84. The molecule has 174 valence electrons. The van der Waals surface area contributed by atoms with Gasteiger partial charge in [0.05, 0.1) is 18.8 Å². The SMILES string of the molecule is Cc1ccc(C[C@@H]2CCCN2C[C@H](O)CO[C@H](C)c2ccc(CCC(=O)O)cc2)cc1F. The van der Waals surface area contributed by atoms with Gasteiger partial charge in [-0.15, -0.1) is 0 Å². The van der Waals surface area contributed by atoms with E-state index in [1.807, 2.05) is 43.3 Å². The number of carboxylic acids is 1. The zero-order chi connectivity index (χ0) is 23.1. The highest BCUT2D eigenvalue weighted by atomic mass is 19.1. The fourth-order valence-corrected chi connectivity index (χ4v) is 4.28. The fourth-order valence-electron chi connectivity index (χ4n) is 4.28. The van der Waals surface area contributed by atoms with Gasteiger partial charge in [-0.3, -0.25) is 9.69 Å². The summed E-state index contributed by atoms with van der Waals surface area (Å²) in [4.78, 5) is 13.0. The van der Waals surface area contributed by atoms with Crippen molar-refractivity contribution in [1.29, 1.82) is 0 Å². The summed E-state index contributed by atoms with van der Waals surface area (Å²) in [6.07, 6.45) is 2.79. The molecule has 0 aliphatic carbocycles. The van der Waals surface area contributed by atoms with Crippen molar-refractivity contribution in [3.63, 3.8) is 0 Å². The van der Waals surface area contributed by atoms with Gasteiger partial charge in [-0.05, 0) is 74.4 Å². The number of β-amino-alcohol motifs (C(OH)–C–C–N with tert-alkyl or cyclic N) is 1. The van der Waals surface area contributed by atoms with Gasteiger partial charge < -0.3 is 14.9 Å². The second kappa shape index (κ2) is 11.5. The maximum absolute atomic E-state index is 13.9. The van der Waals surface area contributed by atoms with Crippen LogP contribution in [0.1, 0.15) is 54.5 Å². The molecular formula is C26H34FNO4. The van der Waals surface area contributed by atoms with Gasteiger partial charge in [-0.25, -0.2) is 4.39 Å². The van der Waals surface area contributed by atoms with Gasteiger partial charge in [-0.2, -0.15) is 0 Å². The number of ether oxygens (including phenoxy) is 1. The first-order valence-corrected chi connectivity index (χ1v) is 11.4. The van der Waals surface area contributed by atoms with Crippen molar-refractivity contribution in [2.24, 2.45) is 0 Å². The van der Waals surface area contributed by atoms with Crippen molar-refractivity contribution in [2.45, 2.75) is 64.2 Å². The molecule has 1 fully saturated rings. The highest BCUT2D eigenvalue weighted by molar-refractivity contribution is 5.67. The number of carbonyl (C=O) groups is 1. The zero-order valence-corrected chi connectivity index (χ0v) is 19.0. The lowest BCUT2D eigenvalue weighted by Gasteiger charge is -2.27. The predicted molar refractivity (Wildman–Crippen MR) is 122 cm³/mol. The first-order chi connectivity index (χ1) is 15.3. The third kappa shape index (κ3) is 7.12. The molecule has 1 saturated heterocycles. The second-order valence-corrected chi connectivity index (χ2v) is 8.84. The molecule has 0 radical (unpaired) electrons. The van der Waals surface area contributed by atoms with Crippen LogP contribution in [0.4, 0.5) is 4.39 Å². The fraction of sp³-hybridized carbons (Fsp3) is 0.500. The average molecular weight is 444 g/mol. The van der Waals surface area contributed by atoms with Gasteiger partial charge >= 0.3 is 5.97 Å². The molecule has 5 nitrogen and oxygen atoms in total. The molecule has 2 aromatic rings. The lowest BCUT2D eigenvalue weighted by Crippen LogP contribution is -2.39. The topological polar surface area (TPSA) is 70.0 Å². The summed E-state index contributed by atoms with van der Waals surface area (Å²) in [5.41, 5.74) is 3.64. The molecule has 0 unspecified atom stereocenters. The molecule has 3 atom stereocenters. The Hall–Kier alpha value is -2.28. The smallest absolute Gasteiger partial charge is 0.303 e. The van der Waals surface area contributed by atoms with E-state index in [9.17, 15) is 14.3 Å². The highest BCUT2D eigenvalue weighted by Gasteiger charge is 2.27. The predicted octanol–water partition coefficient (Wildman–Crippen LogP) is 4.30. The van der Waals surface area contributed by atoms with E-state index in [1.54, 1.807) is 13.0 Å². The first kappa shape index (κ1) is 24.4. The Balaban J connectivity index is 1.45. The third-order valence-corrected chi connectivity index (χ3v) is 6.27. The summed E-state index contributed by atoms with van der Waals surface area (Å²) in [5, 5.41) is 19.3. The first-order valence-electron chi connectivity index (χ1n) is 11.4. The Morgan fingerprint density at radius 3 is 2.62 bits per heavy atom. The molecule has 0 spiro atoms. The molecule has 3 rings (SSSR count). The number of aliphatic hydroxyl groups excluding tert-OH is 1. The summed E-state index contributed by atoms with van der Waals surface area (Å²) in [7, 11) is 0. The summed E-state index contributed by atoms with van der Waals surface area (Å²) in [5.74, 6) is -0.963. The van der Waals surface area contributed by atoms with Crippen molar-refractivity contribution in [1.82, 2.24) is 4.90 Å². The Morgan fingerprint density at radius 1 is 1.22 bits per heavy atom. The van der Waals surface area contributed by atoms with E-state index < -0.39 is 12.1 Å². The van der Waals surface area contributed by atoms with E-state index in [4.69, 9.17) is 9.84 Å². The average Bonchev–Trinajstić information content (AvgIpc) is 3.19. The van der Waals surface area contributed by atoms with Gasteiger partial charge in [0.25, 0.3) is 0 Å². The van der Waals surface area contributed by atoms with Crippen LogP contribution >= 0.6 is 0 Å². The molecule has 0 amide bonds. The van der Waals surface area contributed by atoms with Gasteiger partial charge in [0.2, 0.25) is 0 Å². The minimum Gasteiger partial charge on any atom is -0.481 e. The monoisotopic (exact) mass is 443 g/mol. The van der Waals surface area contributed by atoms with Crippen LogP contribution < -0.4 is 0 Å². The van der Waals surface area contributed by atoms with E-state index >= 15 is 0 Å². The number of hydrogen-bond acceptors (Lipinski definition) is 4. The van der Waals surface area contributed by atoms with Crippen LogP contribution in [0.2, 0.25) is 0 Å². The number of likely N-dealkylation sites (tertiary alicyclic amines) is 1. The van der Waals surface area contributed by atoms with Gasteiger partial charge in [0, 0.05) is 19.0 Å². The van der Waals surface area contributed by atoms with E-state index in [0.717, 1.165) is 42.5 Å². The number of rotatable bonds is 11. The molecule has 1 heterocycles. The molecule has 1 aliphatic rings. The number of benzene rings is 2. The summed E-state index contributed by atoms with van der Waals surface area (Å²) < 4.78 is 19.8. The third-order valence-electron chi connectivity index (χ3n) is 6.27. The number of hydrogen-bond donors (Lipinski definition) is 2. The van der Waals surface area contributed by atoms with E-state index in [1.165, 1.54) is 0 Å². The summed E-state index contributed by atoms with van der Waals surface area (Å²) >= 11 is 0. The molecule has 32 heavy (non-hydrogen) atoms. The van der Waals surface area contributed by atoms with Gasteiger partial charge in [0.15, 0.2) is 0 Å². The van der Waals surface area contributed by atoms with Gasteiger partial charge in [-0.1, -0.05) is 36.4 Å². The standard InChI is InChI=1S/C26H34FNO4/c1-18-5-6-21(15-25(18)27)14-23-4-3-13-28(23)16-24(29)17-32-19(2)22-10-7-20(8-11-22)9-12-26(30)31/h5-8,10-11,15,19,23-24,29H,3-4,9,12-14,16-17H2,1-2H3,(H,30,31)/t19-,23+,24+/m1/s1. The van der Waals surface area contributed by atoms with Crippen molar-refractivity contribution < 1.29 is 24.1 Å². The molecule has 2 N–H and O–H groups in total.